The van der Waals surface area contributed by atoms with Crippen LogP contribution in [0.25, 0.3) is 10.8 Å². The van der Waals surface area contributed by atoms with E-state index in [1.807, 2.05) is 36.4 Å². The number of rotatable bonds is 7. The number of hydrogen-bond donors (Lipinski definition) is 2. The third kappa shape index (κ3) is 5.24. The maximum absolute atomic E-state index is 12.0. The number of nitrogens with one attached hydrogen (secondary N) is 2. The average molecular weight is 397 g/mol. The van der Waals surface area contributed by atoms with Crippen LogP contribution in [0.1, 0.15) is 22.3 Å². The largest absolute Gasteiger partial charge is 0.497 e. The van der Waals surface area contributed by atoms with E-state index in [1.54, 1.807) is 31.4 Å². The smallest absolute Gasteiger partial charge is 0.251 e. The summed E-state index contributed by atoms with van der Waals surface area (Å²) in [6, 6.07) is 18.5. The number of amides is 2. The molecule has 0 aliphatic carbocycles. The second-order valence-corrected chi connectivity index (χ2v) is 6.77. The van der Waals surface area contributed by atoms with Gasteiger partial charge in [0.2, 0.25) is 5.91 Å². The van der Waals surface area contributed by atoms with Crippen LogP contribution >= 0.6 is 11.6 Å². The van der Waals surface area contributed by atoms with Gasteiger partial charge < -0.3 is 15.4 Å². The van der Waals surface area contributed by atoms with Crippen molar-refractivity contribution < 1.29 is 14.3 Å². The van der Waals surface area contributed by atoms with E-state index < -0.39 is 0 Å². The van der Waals surface area contributed by atoms with Crippen LogP contribution in [0.5, 0.6) is 5.75 Å². The zero-order valence-corrected chi connectivity index (χ0v) is 16.3. The van der Waals surface area contributed by atoms with Crippen molar-refractivity contribution in [3.63, 3.8) is 0 Å². The fourth-order valence-corrected chi connectivity index (χ4v) is 2.92. The fourth-order valence-electron chi connectivity index (χ4n) is 2.79. The van der Waals surface area contributed by atoms with Crippen molar-refractivity contribution in [2.45, 2.75) is 13.0 Å². The van der Waals surface area contributed by atoms with E-state index in [0.29, 0.717) is 17.1 Å². The Morgan fingerprint density at radius 1 is 0.929 bits per heavy atom. The van der Waals surface area contributed by atoms with Crippen LogP contribution in [0.2, 0.25) is 5.02 Å². The molecule has 144 valence electrons. The van der Waals surface area contributed by atoms with Gasteiger partial charge in [0.1, 0.15) is 5.75 Å². The monoisotopic (exact) mass is 396 g/mol. The Hall–Kier alpha value is -3.05. The molecule has 28 heavy (non-hydrogen) atoms. The number of benzene rings is 3. The van der Waals surface area contributed by atoms with Gasteiger partial charge in [-0.15, -0.1) is 0 Å². The lowest BCUT2D eigenvalue weighted by atomic mass is 10.1. The van der Waals surface area contributed by atoms with Crippen molar-refractivity contribution >= 4 is 34.2 Å². The summed E-state index contributed by atoms with van der Waals surface area (Å²) in [4.78, 5) is 24.0. The Labute approximate surface area is 168 Å². The molecule has 0 bridgehead atoms. The minimum Gasteiger partial charge on any atom is -0.497 e. The summed E-state index contributed by atoms with van der Waals surface area (Å²) in [5, 5.41) is 8.34. The topological polar surface area (TPSA) is 67.4 Å². The van der Waals surface area contributed by atoms with Gasteiger partial charge in [-0.05, 0) is 58.8 Å². The number of methoxy groups -OCH3 is 1. The standard InChI is InChI=1S/C22H21ClN2O3/c1-28-20-9-6-17-12-15(2-3-18(17)13-20)14-25-21(26)10-11-24-22(27)16-4-7-19(23)8-5-16/h2-9,12-13H,10-11,14H2,1H3,(H,24,27)(H,25,26). The van der Waals surface area contributed by atoms with Crippen molar-refractivity contribution in [1.29, 1.82) is 0 Å². The Balaban J connectivity index is 1.45. The van der Waals surface area contributed by atoms with Gasteiger partial charge >= 0.3 is 0 Å². The third-order valence-electron chi connectivity index (χ3n) is 4.35. The predicted molar refractivity (Wildman–Crippen MR) is 111 cm³/mol. The average Bonchev–Trinajstić information content (AvgIpc) is 2.72. The van der Waals surface area contributed by atoms with Gasteiger partial charge in [0.05, 0.1) is 7.11 Å². The summed E-state index contributed by atoms with van der Waals surface area (Å²) >= 11 is 5.80. The van der Waals surface area contributed by atoms with Gasteiger partial charge in [-0.1, -0.05) is 29.8 Å². The molecule has 0 heterocycles. The van der Waals surface area contributed by atoms with Crippen molar-refractivity contribution in [1.82, 2.24) is 10.6 Å². The van der Waals surface area contributed by atoms with Crippen LogP contribution in [0.15, 0.2) is 60.7 Å². The summed E-state index contributed by atoms with van der Waals surface area (Å²) in [5.41, 5.74) is 1.52. The molecule has 3 rings (SSSR count). The molecular formula is C22H21ClN2O3. The van der Waals surface area contributed by atoms with E-state index in [2.05, 4.69) is 10.6 Å². The molecule has 0 fully saturated rings. The molecule has 0 aromatic heterocycles. The van der Waals surface area contributed by atoms with E-state index >= 15 is 0 Å². The molecule has 0 atom stereocenters. The van der Waals surface area contributed by atoms with Gasteiger partial charge in [0.25, 0.3) is 5.91 Å². The number of carbonyl (C=O) groups is 2. The molecule has 0 aliphatic heterocycles. The highest BCUT2D eigenvalue weighted by atomic mass is 35.5. The highest BCUT2D eigenvalue weighted by Gasteiger charge is 2.07. The van der Waals surface area contributed by atoms with E-state index in [0.717, 1.165) is 22.1 Å². The minimum absolute atomic E-state index is 0.119. The first-order valence-corrected chi connectivity index (χ1v) is 9.30. The van der Waals surface area contributed by atoms with Gasteiger partial charge in [0, 0.05) is 30.1 Å². The lowest BCUT2D eigenvalue weighted by Crippen LogP contribution is -2.30. The van der Waals surface area contributed by atoms with E-state index in [9.17, 15) is 9.59 Å². The summed E-state index contributed by atoms with van der Waals surface area (Å²) in [5.74, 6) is 0.467. The molecule has 0 unspecified atom stereocenters. The second kappa shape index (κ2) is 9.24. The van der Waals surface area contributed by atoms with Crippen LogP contribution < -0.4 is 15.4 Å². The lowest BCUT2D eigenvalue weighted by molar-refractivity contribution is -0.121. The van der Waals surface area contributed by atoms with Gasteiger partial charge in [-0.2, -0.15) is 0 Å². The zero-order chi connectivity index (χ0) is 19.9. The number of halogens is 1. The minimum atomic E-state index is -0.227. The Kier molecular flexibility index (Phi) is 6.50. The molecule has 0 aliphatic rings. The summed E-state index contributed by atoms with van der Waals surface area (Å²) in [7, 11) is 1.64. The molecule has 0 spiro atoms. The third-order valence-corrected chi connectivity index (χ3v) is 4.60. The molecule has 6 heteroatoms. The molecule has 0 saturated heterocycles. The Morgan fingerprint density at radius 3 is 2.39 bits per heavy atom. The first-order valence-electron chi connectivity index (χ1n) is 8.92. The second-order valence-electron chi connectivity index (χ2n) is 6.34. The van der Waals surface area contributed by atoms with Gasteiger partial charge in [0.15, 0.2) is 0 Å². The van der Waals surface area contributed by atoms with E-state index in [4.69, 9.17) is 16.3 Å². The Morgan fingerprint density at radius 2 is 1.64 bits per heavy atom. The maximum atomic E-state index is 12.0. The van der Waals surface area contributed by atoms with Crippen LogP contribution in [-0.2, 0) is 11.3 Å². The first kappa shape index (κ1) is 19.7. The summed E-state index contributed by atoms with van der Waals surface area (Å²) < 4.78 is 5.23. The van der Waals surface area contributed by atoms with Crippen LogP contribution in [0, 0.1) is 0 Å². The van der Waals surface area contributed by atoms with Crippen molar-refractivity contribution in [2.24, 2.45) is 0 Å². The highest BCUT2D eigenvalue weighted by molar-refractivity contribution is 6.30. The van der Waals surface area contributed by atoms with E-state index in [1.165, 1.54) is 0 Å². The number of ether oxygens (including phenoxy) is 1. The van der Waals surface area contributed by atoms with Gasteiger partial charge in [-0.25, -0.2) is 0 Å². The SMILES string of the molecule is COc1ccc2cc(CNC(=O)CCNC(=O)c3ccc(Cl)cc3)ccc2c1. The van der Waals surface area contributed by atoms with E-state index in [-0.39, 0.29) is 24.8 Å². The van der Waals surface area contributed by atoms with Gasteiger partial charge in [-0.3, -0.25) is 9.59 Å². The van der Waals surface area contributed by atoms with Crippen LogP contribution in [-0.4, -0.2) is 25.5 Å². The molecule has 3 aromatic rings. The normalized spacial score (nSPS) is 10.5. The zero-order valence-electron chi connectivity index (χ0n) is 15.5. The lowest BCUT2D eigenvalue weighted by Gasteiger charge is -2.08. The molecule has 0 radical (unpaired) electrons. The molecule has 3 aromatic carbocycles. The molecule has 5 nitrogen and oxygen atoms in total. The molecule has 0 saturated carbocycles. The quantitative estimate of drug-likeness (QED) is 0.635. The maximum Gasteiger partial charge on any atom is 0.251 e. The first-order chi connectivity index (χ1) is 13.5. The summed E-state index contributed by atoms with van der Waals surface area (Å²) in [6.45, 7) is 0.705. The van der Waals surface area contributed by atoms with Crippen LogP contribution in [0.4, 0.5) is 0 Å². The number of fused-ring (bicyclic) bond motifs is 1. The summed E-state index contributed by atoms with van der Waals surface area (Å²) in [6.07, 6.45) is 0.212. The molecule has 2 N–H and O–H groups in total. The highest BCUT2D eigenvalue weighted by Crippen LogP contribution is 2.21. The molecule has 2 amide bonds. The Bertz CT molecular complexity index is 987. The van der Waals surface area contributed by atoms with Crippen LogP contribution in [0.3, 0.4) is 0 Å². The fraction of sp³-hybridized carbons (Fsp3) is 0.182. The van der Waals surface area contributed by atoms with Crippen molar-refractivity contribution in [3.05, 3.63) is 76.8 Å². The number of carbonyl (C=O) groups excluding carboxylic acids is 2. The number of hydrogen-bond acceptors (Lipinski definition) is 3. The van der Waals surface area contributed by atoms with Crippen molar-refractivity contribution in [2.75, 3.05) is 13.7 Å². The predicted octanol–water partition coefficient (Wildman–Crippen LogP) is 3.94. The molecular weight excluding hydrogens is 376 g/mol. The van der Waals surface area contributed by atoms with Crippen molar-refractivity contribution in [3.8, 4) is 5.75 Å².